The molecule has 134 valence electrons. The van der Waals surface area contributed by atoms with E-state index in [4.69, 9.17) is 11.6 Å². The number of hydrogen-bond donors (Lipinski definition) is 2. The second-order valence-electron chi connectivity index (χ2n) is 6.35. The summed E-state index contributed by atoms with van der Waals surface area (Å²) >= 11 is 6.13. The predicted octanol–water partition coefficient (Wildman–Crippen LogP) is 2.47. The molecule has 7 nitrogen and oxygen atoms in total. The van der Waals surface area contributed by atoms with Gasteiger partial charge in [-0.1, -0.05) is 11.6 Å². The Balaban J connectivity index is 1.94. The molecular formula is C18H18ClN5O2. The minimum atomic E-state index is -0.359. The van der Waals surface area contributed by atoms with Gasteiger partial charge in [-0.3, -0.25) is 4.68 Å². The molecule has 1 fully saturated rings. The minimum Gasteiger partial charge on any atom is -0.508 e. The van der Waals surface area contributed by atoms with Gasteiger partial charge in [0.2, 0.25) is 0 Å². The molecule has 0 amide bonds. The zero-order valence-electron chi connectivity index (χ0n) is 14.2. The molecule has 1 unspecified atom stereocenters. The quantitative estimate of drug-likeness (QED) is 0.735. The summed E-state index contributed by atoms with van der Waals surface area (Å²) in [7, 11) is 1.86. The molecule has 1 aromatic carbocycles. The van der Waals surface area contributed by atoms with Gasteiger partial charge in [0.15, 0.2) is 0 Å². The summed E-state index contributed by atoms with van der Waals surface area (Å²) in [6.07, 6.45) is 3.52. The number of phenolic OH excluding ortho intramolecular Hbond substituents is 1. The summed E-state index contributed by atoms with van der Waals surface area (Å²) in [6, 6.07) is 6.69. The van der Waals surface area contributed by atoms with E-state index >= 15 is 0 Å². The van der Waals surface area contributed by atoms with Crippen LogP contribution in [0.1, 0.15) is 6.42 Å². The topological polar surface area (TPSA) is 87.3 Å². The van der Waals surface area contributed by atoms with Crippen molar-refractivity contribution >= 4 is 17.4 Å². The molecular weight excluding hydrogens is 354 g/mol. The number of aromatic nitrogens is 4. The molecule has 3 heterocycles. The number of halogens is 1. The monoisotopic (exact) mass is 371 g/mol. The third kappa shape index (κ3) is 3.00. The van der Waals surface area contributed by atoms with Gasteiger partial charge in [0, 0.05) is 36.9 Å². The van der Waals surface area contributed by atoms with Gasteiger partial charge in [-0.15, -0.1) is 0 Å². The fourth-order valence-corrected chi connectivity index (χ4v) is 3.63. The highest BCUT2D eigenvalue weighted by Crippen LogP contribution is 2.40. The van der Waals surface area contributed by atoms with Gasteiger partial charge in [-0.2, -0.15) is 5.10 Å². The van der Waals surface area contributed by atoms with Gasteiger partial charge in [-0.05, 0) is 30.7 Å². The molecule has 2 N–H and O–H groups in total. The van der Waals surface area contributed by atoms with Crippen molar-refractivity contribution in [2.24, 2.45) is 7.05 Å². The standard InChI is InChI=1S/C18H18ClN5O2/c1-23-18(24-5-3-13(25)9-24)16(15-2-4-20-10-21-15)17(22-23)11-6-12(19)8-14(26)7-11/h2,4,6-8,10,13,25-26H,3,5,9H2,1H3. The summed E-state index contributed by atoms with van der Waals surface area (Å²) in [5, 5.41) is 25.0. The van der Waals surface area contributed by atoms with E-state index in [2.05, 4.69) is 20.0 Å². The number of aliphatic hydroxyl groups excluding tert-OH is 1. The normalized spacial score (nSPS) is 17.0. The molecule has 4 rings (SSSR count). The van der Waals surface area contributed by atoms with Crippen LogP contribution in [0.4, 0.5) is 5.82 Å². The van der Waals surface area contributed by atoms with Gasteiger partial charge in [-0.25, -0.2) is 9.97 Å². The highest BCUT2D eigenvalue weighted by atomic mass is 35.5. The van der Waals surface area contributed by atoms with E-state index in [1.165, 1.54) is 12.4 Å². The van der Waals surface area contributed by atoms with Crippen molar-refractivity contribution in [2.75, 3.05) is 18.0 Å². The Morgan fingerprint density at radius 3 is 2.77 bits per heavy atom. The zero-order valence-corrected chi connectivity index (χ0v) is 14.9. The first kappa shape index (κ1) is 16.8. The van der Waals surface area contributed by atoms with Crippen LogP contribution in [0.15, 0.2) is 36.8 Å². The molecule has 0 spiro atoms. The van der Waals surface area contributed by atoms with Crippen LogP contribution < -0.4 is 4.90 Å². The molecule has 1 saturated heterocycles. The van der Waals surface area contributed by atoms with Gasteiger partial charge in [0.1, 0.15) is 23.6 Å². The van der Waals surface area contributed by atoms with Crippen LogP contribution in [0, 0.1) is 0 Å². The van der Waals surface area contributed by atoms with Gasteiger partial charge >= 0.3 is 0 Å². The van der Waals surface area contributed by atoms with Crippen LogP contribution in [0.5, 0.6) is 5.75 Å². The lowest BCUT2D eigenvalue weighted by Gasteiger charge is -2.19. The lowest BCUT2D eigenvalue weighted by molar-refractivity contribution is 0.198. The smallest absolute Gasteiger partial charge is 0.136 e. The lowest BCUT2D eigenvalue weighted by atomic mass is 10.0. The number of aromatic hydroxyl groups is 1. The van der Waals surface area contributed by atoms with Crippen molar-refractivity contribution in [3.05, 3.63) is 41.8 Å². The molecule has 8 heteroatoms. The first-order chi connectivity index (χ1) is 12.5. The Labute approximate surface area is 155 Å². The summed E-state index contributed by atoms with van der Waals surface area (Å²) < 4.78 is 1.78. The van der Waals surface area contributed by atoms with Crippen molar-refractivity contribution in [3.63, 3.8) is 0 Å². The van der Waals surface area contributed by atoms with Crippen LogP contribution >= 0.6 is 11.6 Å². The maximum atomic E-state index is 9.96. The van der Waals surface area contributed by atoms with Crippen LogP contribution in [0.2, 0.25) is 5.02 Å². The highest BCUT2D eigenvalue weighted by molar-refractivity contribution is 6.31. The number of aliphatic hydroxyl groups is 1. The first-order valence-electron chi connectivity index (χ1n) is 8.29. The zero-order chi connectivity index (χ0) is 18.3. The Morgan fingerprint density at radius 1 is 1.27 bits per heavy atom. The van der Waals surface area contributed by atoms with E-state index in [1.54, 1.807) is 23.0 Å². The van der Waals surface area contributed by atoms with Crippen molar-refractivity contribution in [2.45, 2.75) is 12.5 Å². The number of β-amino-alcohol motifs (C(OH)–C–C–N with tert-alkyl or cyclic N) is 1. The Hall–Kier alpha value is -2.64. The largest absolute Gasteiger partial charge is 0.508 e. The highest BCUT2D eigenvalue weighted by Gasteiger charge is 2.29. The number of anilines is 1. The van der Waals surface area contributed by atoms with E-state index in [0.29, 0.717) is 29.2 Å². The molecule has 1 atom stereocenters. The number of nitrogens with zero attached hydrogens (tertiary/aromatic N) is 5. The number of phenols is 1. The summed E-state index contributed by atoms with van der Waals surface area (Å²) in [6.45, 7) is 1.27. The second-order valence-corrected chi connectivity index (χ2v) is 6.79. The molecule has 1 aliphatic heterocycles. The number of aryl methyl sites for hydroxylation is 1. The van der Waals surface area contributed by atoms with E-state index in [1.807, 2.05) is 13.1 Å². The van der Waals surface area contributed by atoms with Crippen molar-refractivity contribution in [1.29, 1.82) is 0 Å². The van der Waals surface area contributed by atoms with Gasteiger partial charge in [0.25, 0.3) is 0 Å². The number of rotatable bonds is 3. The molecule has 26 heavy (non-hydrogen) atoms. The van der Waals surface area contributed by atoms with E-state index in [9.17, 15) is 10.2 Å². The third-order valence-electron chi connectivity index (χ3n) is 4.47. The second kappa shape index (κ2) is 6.59. The van der Waals surface area contributed by atoms with E-state index in [0.717, 1.165) is 23.6 Å². The van der Waals surface area contributed by atoms with Gasteiger partial charge in [0.05, 0.1) is 17.4 Å². The SMILES string of the molecule is Cn1nc(-c2cc(O)cc(Cl)c2)c(-c2ccncn2)c1N1CCC(O)C1. The van der Waals surface area contributed by atoms with Crippen molar-refractivity contribution < 1.29 is 10.2 Å². The lowest BCUT2D eigenvalue weighted by Crippen LogP contribution is -2.24. The summed E-state index contributed by atoms with van der Waals surface area (Å²) in [5.41, 5.74) is 2.91. The average molecular weight is 372 g/mol. The van der Waals surface area contributed by atoms with Gasteiger partial charge < -0.3 is 15.1 Å². The molecule has 3 aromatic rings. The molecule has 0 saturated carbocycles. The number of hydrogen-bond acceptors (Lipinski definition) is 6. The van der Waals surface area contributed by atoms with Crippen LogP contribution in [-0.4, -0.2) is 49.2 Å². The number of benzene rings is 1. The maximum Gasteiger partial charge on any atom is 0.136 e. The van der Waals surface area contributed by atoms with Crippen LogP contribution in [-0.2, 0) is 7.05 Å². The summed E-state index contributed by atoms with van der Waals surface area (Å²) in [5.74, 6) is 0.944. The molecule has 0 aliphatic carbocycles. The molecule has 1 aliphatic rings. The van der Waals surface area contributed by atoms with E-state index in [-0.39, 0.29) is 11.9 Å². The average Bonchev–Trinajstić information content (AvgIpc) is 3.17. The first-order valence-corrected chi connectivity index (χ1v) is 8.67. The van der Waals surface area contributed by atoms with Crippen molar-refractivity contribution in [1.82, 2.24) is 19.7 Å². The van der Waals surface area contributed by atoms with Crippen LogP contribution in [0.3, 0.4) is 0 Å². The maximum absolute atomic E-state index is 9.96. The third-order valence-corrected chi connectivity index (χ3v) is 4.69. The van der Waals surface area contributed by atoms with Crippen LogP contribution in [0.25, 0.3) is 22.5 Å². The molecule has 0 bridgehead atoms. The Morgan fingerprint density at radius 2 is 2.12 bits per heavy atom. The Kier molecular flexibility index (Phi) is 4.26. The molecule has 2 aromatic heterocycles. The summed E-state index contributed by atoms with van der Waals surface area (Å²) in [4.78, 5) is 10.5. The fourth-order valence-electron chi connectivity index (χ4n) is 3.40. The Bertz CT molecular complexity index is 924. The van der Waals surface area contributed by atoms with E-state index < -0.39 is 0 Å². The predicted molar refractivity (Wildman–Crippen MR) is 99.2 cm³/mol. The molecule has 0 radical (unpaired) electrons. The minimum absolute atomic E-state index is 0.0740. The fraction of sp³-hybridized carbons (Fsp3) is 0.278. The van der Waals surface area contributed by atoms with Crippen molar-refractivity contribution in [3.8, 4) is 28.3 Å².